The fourth-order valence-corrected chi connectivity index (χ4v) is 4.38. The molecule has 4 rings (SSSR count). The first-order valence-electron chi connectivity index (χ1n) is 9.33. The van der Waals surface area contributed by atoms with Crippen molar-refractivity contribution in [2.24, 2.45) is 20.5 Å². The Bertz CT molecular complexity index is 1020. The Morgan fingerprint density at radius 1 is 0.333 bits per heavy atom. The minimum Gasteiger partial charge on any atom is -0.151 e. The largest absolute Gasteiger partial charge is 0.151 e. The summed E-state index contributed by atoms with van der Waals surface area (Å²) in [5, 5.41) is 17.0. The fourth-order valence-electron chi connectivity index (χ4n) is 2.45. The van der Waals surface area contributed by atoms with Gasteiger partial charge in [0.15, 0.2) is 0 Å². The number of hydrogen-bond acceptors (Lipinski definition) is 6. The van der Waals surface area contributed by atoms with Crippen LogP contribution in [0.25, 0.3) is 0 Å². The van der Waals surface area contributed by atoms with Crippen molar-refractivity contribution < 1.29 is 0 Å². The normalized spacial score (nSPS) is 11.3. The van der Waals surface area contributed by atoms with Crippen LogP contribution in [0.3, 0.4) is 0 Å². The Balaban J connectivity index is 1.30. The van der Waals surface area contributed by atoms with Gasteiger partial charge < -0.3 is 0 Å². The van der Waals surface area contributed by atoms with Gasteiger partial charge in [0, 0.05) is 9.79 Å². The SMILES string of the molecule is c1ccc(N=Nc2ccc(SSc3ccc(N=Nc4ccccc4)cc3)cc2)cc1. The van der Waals surface area contributed by atoms with Crippen LogP contribution in [0, 0.1) is 0 Å². The van der Waals surface area contributed by atoms with Gasteiger partial charge in [-0.25, -0.2) is 0 Å². The van der Waals surface area contributed by atoms with Crippen molar-refractivity contribution in [2.45, 2.75) is 9.79 Å². The van der Waals surface area contributed by atoms with Gasteiger partial charge in [0.25, 0.3) is 0 Å². The van der Waals surface area contributed by atoms with Crippen LogP contribution >= 0.6 is 21.6 Å². The maximum Gasteiger partial charge on any atom is 0.0857 e. The number of benzene rings is 4. The second-order valence-corrected chi connectivity index (χ2v) is 8.50. The smallest absolute Gasteiger partial charge is 0.0857 e. The third-order valence-electron chi connectivity index (χ3n) is 3.98. The molecule has 0 aliphatic heterocycles. The molecule has 0 amide bonds. The summed E-state index contributed by atoms with van der Waals surface area (Å²) in [6.45, 7) is 0. The van der Waals surface area contributed by atoms with Crippen molar-refractivity contribution >= 4 is 44.3 Å². The van der Waals surface area contributed by atoms with E-state index >= 15 is 0 Å². The lowest BCUT2D eigenvalue weighted by Crippen LogP contribution is -1.70. The maximum absolute atomic E-state index is 4.27. The lowest BCUT2D eigenvalue weighted by atomic mass is 10.3. The van der Waals surface area contributed by atoms with Crippen LogP contribution in [0.15, 0.2) is 139 Å². The summed E-state index contributed by atoms with van der Waals surface area (Å²) in [6, 6.07) is 35.6. The van der Waals surface area contributed by atoms with E-state index in [9.17, 15) is 0 Å². The second-order valence-electron chi connectivity index (χ2n) is 6.23. The topological polar surface area (TPSA) is 49.4 Å². The van der Waals surface area contributed by atoms with Crippen LogP contribution < -0.4 is 0 Å². The van der Waals surface area contributed by atoms with Crippen molar-refractivity contribution in [1.29, 1.82) is 0 Å². The van der Waals surface area contributed by atoms with Gasteiger partial charge in [-0.1, -0.05) is 58.0 Å². The Kier molecular flexibility index (Phi) is 7.04. The average Bonchev–Trinajstić information content (AvgIpc) is 2.83. The molecule has 0 saturated carbocycles. The Hall–Kier alpha value is -3.22. The molecular weight excluding hydrogens is 408 g/mol. The second kappa shape index (κ2) is 10.5. The first-order chi connectivity index (χ1) is 14.8. The highest BCUT2D eigenvalue weighted by Crippen LogP contribution is 2.38. The molecule has 0 unspecified atom stereocenters. The van der Waals surface area contributed by atoms with Gasteiger partial charge >= 0.3 is 0 Å². The van der Waals surface area contributed by atoms with E-state index in [0.29, 0.717) is 0 Å². The van der Waals surface area contributed by atoms with Gasteiger partial charge in [-0.15, -0.1) is 0 Å². The summed E-state index contributed by atoms with van der Waals surface area (Å²) < 4.78 is 0. The lowest BCUT2D eigenvalue weighted by molar-refractivity contribution is 1.22. The highest BCUT2D eigenvalue weighted by Gasteiger charge is 1.99. The van der Waals surface area contributed by atoms with Gasteiger partial charge in [0.05, 0.1) is 22.7 Å². The van der Waals surface area contributed by atoms with Crippen molar-refractivity contribution in [2.75, 3.05) is 0 Å². The molecule has 30 heavy (non-hydrogen) atoms. The zero-order valence-electron chi connectivity index (χ0n) is 16.0. The van der Waals surface area contributed by atoms with Crippen molar-refractivity contribution in [3.8, 4) is 0 Å². The van der Waals surface area contributed by atoms with Crippen LogP contribution in [0.2, 0.25) is 0 Å². The van der Waals surface area contributed by atoms with Gasteiger partial charge in [-0.2, -0.15) is 20.5 Å². The predicted octanol–water partition coefficient (Wildman–Crippen LogP) is 9.32. The van der Waals surface area contributed by atoms with E-state index < -0.39 is 0 Å². The molecule has 0 saturated heterocycles. The maximum atomic E-state index is 4.27. The highest BCUT2D eigenvalue weighted by atomic mass is 33.1. The molecule has 0 radical (unpaired) electrons. The van der Waals surface area contributed by atoms with Gasteiger partial charge in [0.1, 0.15) is 0 Å². The molecule has 4 aromatic rings. The van der Waals surface area contributed by atoms with E-state index in [0.717, 1.165) is 32.5 Å². The molecule has 4 aromatic carbocycles. The molecule has 0 spiro atoms. The molecule has 0 N–H and O–H groups in total. The molecule has 0 fully saturated rings. The quantitative estimate of drug-likeness (QED) is 0.218. The summed E-state index contributed by atoms with van der Waals surface area (Å²) in [7, 11) is 3.41. The predicted molar refractivity (Wildman–Crippen MR) is 126 cm³/mol. The zero-order chi connectivity index (χ0) is 20.4. The van der Waals surface area contributed by atoms with Crippen molar-refractivity contribution in [1.82, 2.24) is 0 Å². The molecule has 0 bridgehead atoms. The first-order valence-corrected chi connectivity index (χ1v) is 11.5. The van der Waals surface area contributed by atoms with Crippen LogP contribution in [0.4, 0.5) is 22.7 Å². The summed E-state index contributed by atoms with van der Waals surface area (Å²) in [5.41, 5.74) is 3.36. The molecule has 0 aliphatic carbocycles. The van der Waals surface area contributed by atoms with Crippen LogP contribution in [-0.2, 0) is 0 Å². The molecular formula is C24H18N4S2. The third-order valence-corrected chi connectivity index (χ3v) is 6.40. The van der Waals surface area contributed by atoms with Crippen molar-refractivity contribution in [3.05, 3.63) is 109 Å². The van der Waals surface area contributed by atoms with E-state index in [2.05, 4.69) is 44.7 Å². The third kappa shape index (κ3) is 6.14. The van der Waals surface area contributed by atoms with E-state index in [4.69, 9.17) is 0 Å². The summed E-state index contributed by atoms with van der Waals surface area (Å²) in [6.07, 6.45) is 0. The molecule has 0 heterocycles. The Morgan fingerprint density at radius 3 is 0.967 bits per heavy atom. The number of hydrogen-bond donors (Lipinski definition) is 0. The van der Waals surface area contributed by atoms with E-state index in [1.807, 2.05) is 84.9 Å². The van der Waals surface area contributed by atoms with Crippen LogP contribution in [0.5, 0.6) is 0 Å². The van der Waals surface area contributed by atoms with Crippen molar-refractivity contribution in [3.63, 3.8) is 0 Å². The number of rotatable bonds is 7. The minimum absolute atomic E-state index is 0.835. The zero-order valence-corrected chi connectivity index (χ0v) is 17.6. The van der Waals surface area contributed by atoms with E-state index in [1.165, 1.54) is 0 Å². The monoisotopic (exact) mass is 426 g/mol. The molecule has 146 valence electrons. The first kappa shape index (κ1) is 20.1. The van der Waals surface area contributed by atoms with Gasteiger partial charge in [0.2, 0.25) is 0 Å². The van der Waals surface area contributed by atoms with E-state index in [1.54, 1.807) is 21.6 Å². The Labute approximate surface area is 183 Å². The fraction of sp³-hybridized carbons (Fsp3) is 0. The van der Waals surface area contributed by atoms with Crippen LogP contribution in [-0.4, -0.2) is 0 Å². The van der Waals surface area contributed by atoms with E-state index in [-0.39, 0.29) is 0 Å². The summed E-state index contributed by atoms with van der Waals surface area (Å²) >= 11 is 0. The number of nitrogens with zero attached hydrogens (tertiary/aromatic N) is 4. The van der Waals surface area contributed by atoms with Crippen LogP contribution in [0.1, 0.15) is 0 Å². The molecule has 0 aromatic heterocycles. The summed E-state index contributed by atoms with van der Waals surface area (Å²) in [5.74, 6) is 0. The molecule has 0 atom stereocenters. The molecule has 0 aliphatic rings. The average molecular weight is 427 g/mol. The standard InChI is InChI=1S/C24H18N4S2/c1-3-7-19(8-4-1)25-27-21-11-15-23(16-12-21)29-30-24-17-13-22(14-18-24)28-26-20-9-5-2-6-10-20/h1-18H. The lowest BCUT2D eigenvalue weighted by Gasteiger charge is -2.02. The molecule has 6 heteroatoms. The Morgan fingerprint density at radius 2 is 0.633 bits per heavy atom. The highest BCUT2D eigenvalue weighted by molar-refractivity contribution is 8.76. The molecule has 4 nitrogen and oxygen atoms in total. The number of azo groups is 2. The summed E-state index contributed by atoms with van der Waals surface area (Å²) in [4.78, 5) is 2.32. The minimum atomic E-state index is 0.835. The van der Waals surface area contributed by atoms with Gasteiger partial charge in [-0.05, 0) is 72.8 Å². The van der Waals surface area contributed by atoms with Gasteiger partial charge in [-0.3, -0.25) is 0 Å².